The lowest BCUT2D eigenvalue weighted by molar-refractivity contribution is 0.478. The van der Waals surface area contributed by atoms with E-state index in [0.717, 1.165) is 65.4 Å². The molecule has 0 N–H and O–H groups in total. The zero-order valence-corrected chi connectivity index (χ0v) is 31.7. The number of aromatic nitrogens is 4. The van der Waals surface area contributed by atoms with Crippen molar-refractivity contribution in [1.29, 1.82) is 0 Å². The van der Waals surface area contributed by atoms with Crippen LogP contribution in [0.15, 0.2) is 91.1 Å². The molecule has 0 saturated carbocycles. The standard InChI is InChI=1S/C46H50N4O/c1-10-12-16-41-45(44-30(4)22-29(3)23-31(44)5)32(6)48-50(41)35-25-34(46(7,8)9)26-37(27-35)51-36-18-19-39-38-15-13-14-17-40(38)49(42(39)28-36)43-24-33(11-2)20-21-47-43/h13-15,17-28H,10-12,16H2,1-9H3. The maximum atomic E-state index is 6.84. The Bertz CT molecular complexity index is 2380. The largest absolute Gasteiger partial charge is 0.457 e. The normalized spacial score (nSPS) is 11.9. The van der Waals surface area contributed by atoms with Crippen LogP contribution in [0.5, 0.6) is 11.5 Å². The van der Waals surface area contributed by atoms with Crippen LogP contribution < -0.4 is 4.74 Å². The van der Waals surface area contributed by atoms with Crippen molar-refractivity contribution < 1.29 is 4.74 Å². The Morgan fingerprint density at radius 2 is 1.47 bits per heavy atom. The minimum absolute atomic E-state index is 0.0980. The SMILES string of the molecule is CCCCc1c(-c2c(C)cc(C)cc2C)c(C)nn1-c1cc(Oc2ccc3c4ccccc4n(-c4cc(CC)ccn4)c3c2)cc(C(C)(C)C)c1. The van der Waals surface area contributed by atoms with Gasteiger partial charge in [-0.25, -0.2) is 9.67 Å². The molecule has 4 aromatic carbocycles. The van der Waals surface area contributed by atoms with E-state index in [1.54, 1.807) is 0 Å². The molecule has 0 fully saturated rings. The summed E-state index contributed by atoms with van der Waals surface area (Å²) in [5.41, 5.74) is 14.3. The summed E-state index contributed by atoms with van der Waals surface area (Å²) in [4.78, 5) is 4.82. The highest BCUT2D eigenvalue weighted by atomic mass is 16.5. The van der Waals surface area contributed by atoms with Gasteiger partial charge in [-0.05, 0) is 123 Å². The third-order valence-corrected chi connectivity index (χ3v) is 10.2. The molecule has 0 atom stereocenters. The van der Waals surface area contributed by atoms with E-state index in [1.807, 2.05) is 6.20 Å². The lowest BCUT2D eigenvalue weighted by Crippen LogP contribution is -2.13. The molecule has 0 aliphatic carbocycles. The molecule has 3 heterocycles. The van der Waals surface area contributed by atoms with Crippen LogP contribution in [0.2, 0.25) is 0 Å². The summed E-state index contributed by atoms with van der Waals surface area (Å²) >= 11 is 0. The van der Waals surface area contributed by atoms with Crippen LogP contribution in [-0.4, -0.2) is 19.3 Å². The number of pyridine rings is 1. The zero-order chi connectivity index (χ0) is 36.0. The first-order valence-corrected chi connectivity index (χ1v) is 18.5. The van der Waals surface area contributed by atoms with Crippen molar-refractivity contribution in [1.82, 2.24) is 19.3 Å². The number of para-hydroxylation sites is 1. The van der Waals surface area contributed by atoms with Gasteiger partial charge in [0, 0.05) is 34.7 Å². The summed E-state index contributed by atoms with van der Waals surface area (Å²) in [6.45, 7) is 20.0. The van der Waals surface area contributed by atoms with Crippen molar-refractivity contribution >= 4 is 21.8 Å². The molecule has 7 aromatic rings. The van der Waals surface area contributed by atoms with Crippen LogP contribution in [0.1, 0.15) is 86.7 Å². The fourth-order valence-electron chi connectivity index (χ4n) is 7.66. The number of aryl methyl sites for hydroxylation is 5. The molecule has 5 heteroatoms. The fraction of sp³-hybridized carbons (Fsp3) is 0.304. The number of benzene rings is 4. The van der Waals surface area contributed by atoms with Gasteiger partial charge >= 0.3 is 0 Å². The highest BCUT2D eigenvalue weighted by Crippen LogP contribution is 2.39. The molecule has 260 valence electrons. The lowest BCUT2D eigenvalue weighted by Gasteiger charge is -2.22. The van der Waals surface area contributed by atoms with Crippen molar-refractivity contribution in [2.75, 3.05) is 0 Å². The van der Waals surface area contributed by atoms with Crippen molar-refractivity contribution in [2.24, 2.45) is 0 Å². The van der Waals surface area contributed by atoms with Crippen molar-refractivity contribution in [2.45, 2.75) is 93.4 Å². The van der Waals surface area contributed by atoms with Gasteiger partial charge in [-0.2, -0.15) is 5.10 Å². The van der Waals surface area contributed by atoms with Gasteiger partial charge < -0.3 is 4.74 Å². The summed E-state index contributed by atoms with van der Waals surface area (Å²) in [7, 11) is 0. The molecule has 3 aromatic heterocycles. The summed E-state index contributed by atoms with van der Waals surface area (Å²) < 4.78 is 11.3. The van der Waals surface area contributed by atoms with Gasteiger partial charge in [0.1, 0.15) is 17.3 Å². The molecule has 5 nitrogen and oxygen atoms in total. The monoisotopic (exact) mass is 674 g/mol. The first-order chi connectivity index (χ1) is 24.5. The van der Waals surface area contributed by atoms with Crippen molar-refractivity contribution in [3.63, 3.8) is 0 Å². The van der Waals surface area contributed by atoms with Crippen LogP contribution in [0.3, 0.4) is 0 Å². The van der Waals surface area contributed by atoms with Gasteiger partial charge in [-0.15, -0.1) is 0 Å². The fourth-order valence-corrected chi connectivity index (χ4v) is 7.66. The lowest BCUT2D eigenvalue weighted by atomic mass is 9.86. The Balaban J connectivity index is 1.38. The predicted molar refractivity (Wildman–Crippen MR) is 213 cm³/mol. The minimum atomic E-state index is -0.0980. The van der Waals surface area contributed by atoms with E-state index < -0.39 is 0 Å². The molecule has 0 spiro atoms. The molecule has 0 bridgehead atoms. The molecule has 7 rings (SSSR count). The van der Waals surface area contributed by atoms with Crippen LogP contribution in [0.25, 0.3) is 44.4 Å². The Morgan fingerprint density at radius 1 is 0.725 bits per heavy atom. The number of fused-ring (bicyclic) bond motifs is 3. The molecule has 0 amide bonds. The molecule has 0 radical (unpaired) electrons. The highest BCUT2D eigenvalue weighted by Gasteiger charge is 2.24. The van der Waals surface area contributed by atoms with Gasteiger partial charge in [-0.1, -0.05) is 76.9 Å². The van der Waals surface area contributed by atoms with E-state index >= 15 is 0 Å². The van der Waals surface area contributed by atoms with Gasteiger partial charge in [-0.3, -0.25) is 4.57 Å². The summed E-state index contributed by atoms with van der Waals surface area (Å²) in [6.07, 6.45) is 6.02. The average Bonchev–Trinajstić information content (AvgIpc) is 3.60. The van der Waals surface area contributed by atoms with Crippen LogP contribution in [-0.2, 0) is 18.3 Å². The summed E-state index contributed by atoms with van der Waals surface area (Å²) in [5.74, 6) is 2.49. The van der Waals surface area contributed by atoms with Crippen LogP contribution in [0, 0.1) is 27.7 Å². The van der Waals surface area contributed by atoms with Crippen LogP contribution in [0.4, 0.5) is 0 Å². The Labute approximate surface area is 302 Å². The molecule has 0 saturated heterocycles. The Morgan fingerprint density at radius 3 is 2.20 bits per heavy atom. The number of ether oxygens (including phenoxy) is 1. The van der Waals surface area contributed by atoms with Crippen molar-refractivity contribution in [3.05, 3.63) is 130 Å². The number of nitrogens with zero attached hydrogens (tertiary/aromatic N) is 4. The first kappa shape index (κ1) is 34.3. The molecule has 0 aliphatic heterocycles. The first-order valence-electron chi connectivity index (χ1n) is 18.5. The summed E-state index contributed by atoms with van der Waals surface area (Å²) in [6, 6.07) is 30.5. The van der Waals surface area contributed by atoms with E-state index in [0.29, 0.717) is 0 Å². The van der Waals surface area contributed by atoms with Gasteiger partial charge in [0.05, 0.1) is 28.1 Å². The Hall–Kier alpha value is -5.16. The smallest absolute Gasteiger partial charge is 0.137 e. The number of rotatable bonds is 9. The third kappa shape index (κ3) is 6.46. The van der Waals surface area contributed by atoms with E-state index in [2.05, 4.69) is 156 Å². The topological polar surface area (TPSA) is 44.9 Å². The van der Waals surface area contributed by atoms with Gasteiger partial charge in [0.25, 0.3) is 0 Å². The molecule has 0 unspecified atom stereocenters. The molecule has 0 aliphatic rings. The molecular weight excluding hydrogens is 625 g/mol. The zero-order valence-electron chi connectivity index (χ0n) is 31.7. The van der Waals surface area contributed by atoms with Gasteiger partial charge in [0.2, 0.25) is 0 Å². The molecular formula is C46H50N4O. The average molecular weight is 675 g/mol. The van der Waals surface area contributed by atoms with E-state index in [-0.39, 0.29) is 5.41 Å². The molecule has 51 heavy (non-hydrogen) atoms. The maximum absolute atomic E-state index is 6.84. The van der Waals surface area contributed by atoms with E-state index in [9.17, 15) is 0 Å². The summed E-state index contributed by atoms with van der Waals surface area (Å²) in [5, 5.41) is 7.63. The highest BCUT2D eigenvalue weighted by molar-refractivity contribution is 6.09. The Kier molecular flexibility index (Phi) is 9.09. The second kappa shape index (κ2) is 13.5. The maximum Gasteiger partial charge on any atom is 0.137 e. The van der Waals surface area contributed by atoms with Crippen molar-refractivity contribution in [3.8, 4) is 34.1 Å². The quantitative estimate of drug-likeness (QED) is 0.153. The van der Waals surface area contributed by atoms with Gasteiger partial charge in [0.15, 0.2) is 0 Å². The number of hydrogen-bond donors (Lipinski definition) is 0. The second-order valence-corrected chi connectivity index (χ2v) is 15.2. The van der Waals surface area contributed by atoms with E-state index in [1.165, 1.54) is 55.4 Å². The number of unbranched alkanes of at least 4 members (excludes halogenated alkanes) is 1. The minimum Gasteiger partial charge on any atom is -0.457 e. The van der Waals surface area contributed by atoms with E-state index in [4.69, 9.17) is 14.8 Å². The predicted octanol–water partition coefficient (Wildman–Crippen LogP) is 12.3. The second-order valence-electron chi connectivity index (χ2n) is 15.2. The third-order valence-electron chi connectivity index (χ3n) is 10.2. The number of hydrogen-bond acceptors (Lipinski definition) is 3. The van der Waals surface area contributed by atoms with Crippen LogP contribution >= 0.6 is 0 Å².